The summed E-state index contributed by atoms with van der Waals surface area (Å²) in [4.78, 5) is 24.2. The molecule has 1 atom stereocenters. The molecule has 3 aromatic heterocycles. The molecule has 148 valence electrons. The minimum Gasteiger partial charge on any atom is -0.478 e. The number of carboxylic acid groups (broad SMARTS) is 1. The number of nitrogens with zero attached hydrogens (tertiary/aromatic N) is 2. The van der Waals surface area contributed by atoms with Gasteiger partial charge in [0.15, 0.2) is 0 Å². The zero-order valence-corrected chi connectivity index (χ0v) is 15.9. The summed E-state index contributed by atoms with van der Waals surface area (Å²) in [7, 11) is 0. The molecule has 0 bridgehead atoms. The van der Waals surface area contributed by atoms with Gasteiger partial charge in [-0.25, -0.2) is 4.79 Å². The number of hydrogen-bond acceptors (Lipinski definition) is 5. The molecule has 29 heavy (non-hydrogen) atoms. The molecular weight excluding hydrogens is 368 g/mol. The van der Waals surface area contributed by atoms with E-state index in [0.717, 1.165) is 52.9 Å². The number of nitrogens with one attached hydrogen (secondary N) is 1. The van der Waals surface area contributed by atoms with Crippen molar-refractivity contribution >= 4 is 5.97 Å². The lowest BCUT2D eigenvalue weighted by molar-refractivity contribution is 0.0694. The number of aliphatic hydroxyl groups excluding tert-OH is 1. The minimum atomic E-state index is -0.921. The van der Waals surface area contributed by atoms with E-state index in [1.165, 1.54) is 0 Å². The molecule has 5 N–H and O–H groups in total. The second kappa shape index (κ2) is 6.79. The van der Waals surface area contributed by atoms with Gasteiger partial charge < -0.3 is 20.9 Å². The Morgan fingerprint density at radius 2 is 2.07 bits per heavy atom. The highest BCUT2D eigenvalue weighted by atomic mass is 16.4. The highest BCUT2D eigenvalue weighted by Gasteiger charge is 2.36. The number of aryl methyl sites for hydroxylation is 1. The van der Waals surface area contributed by atoms with E-state index in [-0.39, 0.29) is 12.6 Å². The maximum absolute atomic E-state index is 12.0. The molecule has 7 nitrogen and oxygen atoms in total. The largest absolute Gasteiger partial charge is 0.478 e. The number of aromatic amines is 1. The number of aromatic carboxylic acids is 1. The average Bonchev–Trinajstić information content (AvgIpc) is 3.51. The van der Waals surface area contributed by atoms with E-state index < -0.39 is 5.97 Å². The zero-order valence-electron chi connectivity index (χ0n) is 15.9. The minimum absolute atomic E-state index is 0.105. The van der Waals surface area contributed by atoms with Crippen molar-refractivity contribution < 1.29 is 15.0 Å². The lowest BCUT2D eigenvalue weighted by Crippen LogP contribution is -2.17. The molecule has 7 heteroatoms. The molecule has 1 saturated carbocycles. The molecule has 1 unspecified atom stereocenters. The van der Waals surface area contributed by atoms with Crippen LogP contribution in [0.15, 0.2) is 30.6 Å². The lowest BCUT2D eigenvalue weighted by atomic mass is 9.88. The maximum atomic E-state index is 12.0. The van der Waals surface area contributed by atoms with E-state index in [1.807, 2.05) is 18.3 Å². The molecule has 2 aliphatic rings. The lowest BCUT2D eigenvalue weighted by Gasteiger charge is -2.17. The number of carbonyl (C=O) groups is 1. The van der Waals surface area contributed by atoms with Crippen LogP contribution < -0.4 is 5.73 Å². The van der Waals surface area contributed by atoms with Gasteiger partial charge in [0.25, 0.3) is 0 Å². The van der Waals surface area contributed by atoms with Crippen molar-refractivity contribution in [2.24, 2.45) is 11.7 Å². The first kappa shape index (κ1) is 18.0. The molecular formula is C22H22N4O3. The van der Waals surface area contributed by atoms with Gasteiger partial charge >= 0.3 is 5.97 Å². The van der Waals surface area contributed by atoms with Gasteiger partial charge in [0, 0.05) is 35.3 Å². The molecule has 5 rings (SSSR count). The van der Waals surface area contributed by atoms with Crippen molar-refractivity contribution in [3.8, 4) is 22.5 Å². The van der Waals surface area contributed by atoms with Crippen LogP contribution in [-0.2, 0) is 19.4 Å². The van der Waals surface area contributed by atoms with Crippen LogP contribution in [0.2, 0.25) is 0 Å². The third-order valence-corrected chi connectivity index (χ3v) is 5.99. The van der Waals surface area contributed by atoms with E-state index in [2.05, 4.69) is 15.0 Å². The zero-order chi connectivity index (χ0) is 20.1. The fourth-order valence-corrected chi connectivity index (χ4v) is 4.23. The third kappa shape index (κ3) is 3.03. The number of H-pyrrole nitrogens is 1. The van der Waals surface area contributed by atoms with E-state index in [9.17, 15) is 15.0 Å². The summed E-state index contributed by atoms with van der Waals surface area (Å²) in [6.07, 6.45) is 7.04. The molecule has 0 saturated heterocycles. The predicted octanol–water partition coefficient (Wildman–Crippen LogP) is 2.84. The molecule has 3 aromatic rings. The molecule has 2 aliphatic carbocycles. The first-order valence-corrected chi connectivity index (χ1v) is 9.86. The molecule has 0 aliphatic heterocycles. The number of pyridine rings is 2. The van der Waals surface area contributed by atoms with Crippen LogP contribution in [0, 0.1) is 5.92 Å². The average molecular weight is 390 g/mol. The SMILES string of the molecule is NC(c1[nH]c2c(c1C(=O)O)CCc1cnc(-c3ccc(CO)nc3)cc1-2)C1CC1. The Hall–Kier alpha value is -3.03. The van der Waals surface area contributed by atoms with E-state index in [4.69, 9.17) is 5.73 Å². The van der Waals surface area contributed by atoms with Crippen LogP contribution in [0.4, 0.5) is 0 Å². The molecule has 0 amide bonds. The van der Waals surface area contributed by atoms with Gasteiger partial charge in [-0.1, -0.05) is 0 Å². The van der Waals surface area contributed by atoms with Crippen molar-refractivity contribution in [3.63, 3.8) is 0 Å². The summed E-state index contributed by atoms with van der Waals surface area (Å²) in [5, 5.41) is 19.1. The van der Waals surface area contributed by atoms with E-state index in [0.29, 0.717) is 29.3 Å². The first-order chi connectivity index (χ1) is 14.1. The Morgan fingerprint density at radius 3 is 2.72 bits per heavy atom. The Morgan fingerprint density at radius 1 is 1.24 bits per heavy atom. The molecule has 0 aromatic carbocycles. The fourth-order valence-electron chi connectivity index (χ4n) is 4.23. The van der Waals surface area contributed by atoms with Gasteiger partial charge in [-0.2, -0.15) is 0 Å². The van der Waals surface area contributed by atoms with Gasteiger partial charge in [-0.15, -0.1) is 0 Å². The Balaban J connectivity index is 1.62. The summed E-state index contributed by atoms with van der Waals surface area (Å²) < 4.78 is 0. The van der Waals surface area contributed by atoms with E-state index in [1.54, 1.807) is 12.3 Å². The van der Waals surface area contributed by atoms with Crippen molar-refractivity contribution in [1.29, 1.82) is 0 Å². The quantitative estimate of drug-likeness (QED) is 0.531. The van der Waals surface area contributed by atoms with Crippen molar-refractivity contribution in [1.82, 2.24) is 15.0 Å². The molecule has 3 heterocycles. The van der Waals surface area contributed by atoms with Gasteiger partial charge in [-0.3, -0.25) is 9.97 Å². The second-order valence-corrected chi connectivity index (χ2v) is 7.86. The number of aromatic nitrogens is 3. The Bertz CT molecular complexity index is 1100. The number of nitrogens with two attached hydrogens (primary N) is 1. The van der Waals surface area contributed by atoms with Crippen LogP contribution in [0.5, 0.6) is 0 Å². The predicted molar refractivity (Wildman–Crippen MR) is 107 cm³/mol. The van der Waals surface area contributed by atoms with Crippen LogP contribution in [0.25, 0.3) is 22.5 Å². The molecule has 0 spiro atoms. The summed E-state index contributed by atoms with van der Waals surface area (Å²) in [5.74, 6) is -0.563. The highest BCUT2D eigenvalue weighted by Crippen LogP contribution is 2.44. The van der Waals surface area contributed by atoms with Gasteiger partial charge in [0.1, 0.15) is 0 Å². The standard InChI is InChI=1S/C22H22N4O3/c23-19(11-1-2-11)21-18(22(28)29)15-6-4-12-8-25-17(7-16(12)20(15)26-21)13-3-5-14(10-27)24-9-13/h3,5,7-9,11,19,26-27H,1-2,4,6,10,23H2,(H,28,29). The van der Waals surface area contributed by atoms with Crippen molar-refractivity contribution in [3.05, 3.63) is 58.7 Å². The Kier molecular flexibility index (Phi) is 4.22. The second-order valence-electron chi connectivity index (χ2n) is 7.86. The highest BCUT2D eigenvalue weighted by molar-refractivity contribution is 5.95. The van der Waals surface area contributed by atoms with Crippen LogP contribution in [-0.4, -0.2) is 31.1 Å². The summed E-state index contributed by atoms with van der Waals surface area (Å²) in [5.41, 5.74) is 13.3. The summed E-state index contributed by atoms with van der Waals surface area (Å²) in [6.45, 7) is -0.105. The van der Waals surface area contributed by atoms with Crippen LogP contribution in [0.3, 0.4) is 0 Å². The van der Waals surface area contributed by atoms with Gasteiger partial charge in [-0.05, 0) is 60.9 Å². The fraction of sp³-hybridized carbons (Fsp3) is 0.318. The number of fused-ring (bicyclic) bond motifs is 3. The van der Waals surface area contributed by atoms with E-state index >= 15 is 0 Å². The van der Waals surface area contributed by atoms with Crippen LogP contribution in [0.1, 0.15) is 51.8 Å². The van der Waals surface area contributed by atoms with Crippen LogP contribution >= 0.6 is 0 Å². The topological polar surface area (TPSA) is 125 Å². The summed E-state index contributed by atoms with van der Waals surface area (Å²) in [6, 6.07) is 5.36. The Labute approximate surface area is 167 Å². The van der Waals surface area contributed by atoms with Gasteiger partial charge in [0.05, 0.1) is 29.3 Å². The maximum Gasteiger partial charge on any atom is 0.337 e. The smallest absolute Gasteiger partial charge is 0.337 e. The number of aliphatic hydroxyl groups is 1. The van der Waals surface area contributed by atoms with Crippen molar-refractivity contribution in [2.75, 3.05) is 0 Å². The summed E-state index contributed by atoms with van der Waals surface area (Å²) >= 11 is 0. The molecule has 0 radical (unpaired) electrons. The first-order valence-electron chi connectivity index (χ1n) is 9.86. The number of carboxylic acids is 1. The number of rotatable bonds is 5. The van der Waals surface area contributed by atoms with Gasteiger partial charge in [0.2, 0.25) is 0 Å². The normalized spacial score (nSPS) is 16.2. The van der Waals surface area contributed by atoms with Crippen molar-refractivity contribution in [2.45, 2.75) is 38.3 Å². The third-order valence-electron chi connectivity index (χ3n) is 5.99. The monoisotopic (exact) mass is 390 g/mol. The molecule has 1 fully saturated rings. The number of hydrogen-bond donors (Lipinski definition) is 4.